The minimum Gasteiger partial charge on any atom is -0.294 e. The van der Waals surface area contributed by atoms with E-state index in [-0.39, 0.29) is 5.02 Å². The number of nitriles is 1. The van der Waals surface area contributed by atoms with E-state index in [1.807, 2.05) is 0 Å². The molecule has 0 atom stereocenters. The van der Waals surface area contributed by atoms with Gasteiger partial charge in [0.2, 0.25) is 0 Å². The van der Waals surface area contributed by atoms with E-state index < -0.39 is 28.6 Å². The van der Waals surface area contributed by atoms with Crippen LogP contribution in [0.1, 0.15) is 28.4 Å². The molecule has 0 bridgehead atoms. The van der Waals surface area contributed by atoms with Crippen LogP contribution >= 0.6 is 11.6 Å². The summed E-state index contributed by atoms with van der Waals surface area (Å²) >= 11 is 5.52. The second-order valence-corrected chi connectivity index (χ2v) is 3.48. The molecule has 6 heteroatoms. The SMILES string of the molecule is CC(=O)c1cc(Cl)cc(C#N)c1C(F)(F)F. The number of halogens is 4. The molecule has 1 rings (SSSR count). The van der Waals surface area contributed by atoms with E-state index in [1.54, 1.807) is 0 Å². The van der Waals surface area contributed by atoms with Gasteiger partial charge in [-0.3, -0.25) is 4.79 Å². The molecule has 0 aromatic heterocycles. The molecule has 0 radical (unpaired) electrons. The highest BCUT2D eigenvalue weighted by atomic mass is 35.5. The standard InChI is InChI=1S/C10H5ClF3NO/c1-5(16)8-3-7(11)2-6(4-15)9(8)10(12,13)14/h2-3H,1H3. The van der Waals surface area contributed by atoms with Gasteiger partial charge in [0.15, 0.2) is 5.78 Å². The first-order valence-electron chi connectivity index (χ1n) is 4.09. The molecular weight excluding hydrogens is 243 g/mol. The van der Waals surface area contributed by atoms with Gasteiger partial charge in [0.1, 0.15) is 0 Å². The number of ketones is 1. The first kappa shape index (κ1) is 12.5. The quantitative estimate of drug-likeness (QED) is 0.714. The topological polar surface area (TPSA) is 40.9 Å². The van der Waals surface area contributed by atoms with Crippen molar-refractivity contribution in [1.82, 2.24) is 0 Å². The zero-order valence-corrected chi connectivity index (χ0v) is 8.78. The minimum atomic E-state index is -4.75. The number of carbonyl (C=O) groups excluding carboxylic acids is 1. The third kappa shape index (κ3) is 2.34. The van der Waals surface area contributed by atoms with Gasteiger partial charge in [0.05, 0.1) is 17.2 Å². The smallest absolute Gasteiger partial charge is 0.294 e. The number of alkyl halides is 3. The number of hydrogen-bond acceptors (Lipinski definition) is 2. The highest BCUT2D eigenvalue weighted by Crippen LogP contribution is 2.36. The molecule has 0 saturated carbocycles. The monoisotopic (exact) mass is 247 g/mol. The van der Waals surface area contributed by atoms with Crippen LogP contribution in [0.5, 0.6) is 0 Å². The number of benzene rings is 1. The van der Waals surface area contributed by atoms with Gasteiger partial charge in [-0.25, -0.2) is 0 Å². The average Bonchev–Trinajstić information content (AvgIpc) is 2.14. The fourth-order valence-corrected chi connectivity index (χ4v) is 1.50. The molecule has 0 aliphatic rings. The predicted molar refractivity (Wildman–Crippen MR) is 51.2 cm³/mol. The fraction of sp³-hybridized carbons (Fsp3) is 0.200. The van der Waals surface area contributed by atoms with Crippen molar-refractivity contribution < 1.29 is 18.0 Å². The van der Waals surface area contributed by atoms with E-state index in [2.05, 4.69) is 0 Å². The van der Waals surface area contributed by atoms with E-state index in [1.165, 1.54) is 6.07 Å². The molecular formula is C10H5ClF3NO. The lowest BCUT2D eigenvalue weighted by Crippen LogP contribution is -2.14. The molecule has 84 valence electrons. The Labute approximate surface area is 94.2 Å². The maximum absolute atomic E-state index is 12.6. The Morgan fingerprint density at radius 2 is 2.00 bits per heavy atom. The van der Waals surface area contributed by atoms with Crippen molar-refractivity contribution in [3.05, 3.63) is 33.8 Å². The zero-order chi connectivity index (χ0) is 12.5. The average molecular weight is 248 g/mol. The van der Waals surface area contributed by atoms with E-state index in [0.717, 1.165) is 19.1 Å². The van der Waals surface area contributed by atoms with Crippen molar-refractivity contribution in [2.75, 3.05) is 0 Å². The van der Waals surface area contributed by atoms with Crippen LogP contribution < -0.4 is 0 Å². The molecule has 0 heterocycles. The summed E-state index contributed by atoms with van der Waals surface area (Å²) in [7, 11) is 0. The van der Waals surface area contributed by atoms with Crippen LogP contribution in [0.15, 0.2) is 12.1 Å². The van der Waals surface area contributed by atoms with E-state index in [4.69, 9.17) is 16.9 Å². The minimum absolute atomic E-state index is 0.0743. The zero-order valence-electron chi connectivity index (χ0n) is 8.02. The maximum Gasteiger partial charge on any atom is 0.418 e. The molecule has 0 spiro atoms. The summed E-state index contributed by atoms with van der Waals surface area (Å²) < 4.78 is 37.9. The molecule has 1 aromatic rings. The Bertz CT molecular complexity index is 488. The van der Waals surface area contributed by atoms with Gasteiger partial charge in [-0.15, -0.1) is 0 Å². The molecule has 0 aliphatic heterocycles. The summed E-state index contributed by atoms with van der Waals surface area (Å²) in [5.41, 5.74) is -2.46. The molecule has 1 aromatic carbocycles. The normalized spacial score (nSPS) is 11.0. The Balaban J connectivity index is 3.67. The molecule has 0 unspecified atom stereocenters. The summed E-state index contributed by atoms with van der Waals surface area (Å²) in [6.07, 6.45) is -4.75. The van der Waals surface area contributed by atoms with Crippen LogP contribution in [0.4, 0.5) is 13.2 Å². The highest BCUT2D eigenvalue weighted by Gasteiger charge is 2.37. The molecule has 0 amide bonds. The van der Waals surface area contributed by atoms with Crippen molar-refractivity contribution >= 4 is 17.4 Å². The van der Waals surface area contributed by atoms with Gasteiger partial charge in [-0.1, -0.05) is 11.6 Å². The first-order valence-corrected chi connectivity index (χ1v) is 4.47. The van der Waals surface area contributed by atoms with E-state index in [9.17, 15) is 18.0 Å². The Morgan fingerprint density at radius 3 is 2.38 bits per heavy atom. The maximum atomic E-state index is 12.6. The van der Waals surface area contributed by atoms with Crippen LogP contribution in [0.25, 0.3) is 0 Å². The molecule has 16 heavy (non-hydrogen) atoms. The summed E-state index contributed by atoms with van der Waals surface area (Å²) in [5, 5.41) is 8.52. The third-order valence-electron chi connectivity index (χ3n) is 1.89. The fourth-order valence-electron chi connectivity index (χ4n) is 1.28. The number of rotatable bonds is 1. The van der Waals surface area contributed by atoms with Crippen LogP contribution in [0.3, 0.4) is 0 Å². The van der Waals surface area contributed by atoms with E-state index >= 15 is 0 Å². The highest BCUT2D eigenvalue weighted by molar-refractivity contribution is 6.31. The molecule has 0 N–H and O–H groups in total. The molecule has 0 fully saturated rings. The van der Waals surface area contributed by atoms with Gasteiger partial charge < -0.3 is 0 Å². The van der Waals surface area contributed by atoms with Crippen LogP contribution in [-0.4, -0.2) is 5.78 Å². The first-order chi connectivity index (χ1) is 7.27. The van der Waals surface area contributed by atoms with Gasteiger partial charge >= 0.3 is 6.18 Å². The molecule has 0 saturated heterocycles. The number of Topliss-reactive ketones (excluding diaryl/α,β-unsaturated/α-hetero) is 1. The second kappa shape index (κ2) is 4.14. The molecule has 0 aliphatic carbocycles. The number of hydrogen-bond donors (Lipinski definition) is 0. The van der Waals surface area contributed by atoms with Crippen molar-refractivity contribution in [3.8, 4) is 6.07 Å². The lowest BCUT2D eigenvalue weighted by Gasteiger charge is -2.12. The third-order valence-corrected chi connectivity index (χ3v) is 2.10. The van der Waals surface area contributed by atoms with Gasteiger partial charge in [-0.05, 0) is 19.1 Å². The largest absolute Gasteiger partial charge is 0.418 e. The van der Waals surface area contributed by atoms with Crippen molar-refractivity contribution in [2.24, 2.45) is 0 Å². The van der Waals surface area contributed by atoms with Crippen LogP contribution in [-0.2, 0) is 6.18 Å². The van der Waals surface area contributed by atoms with Crippen molar-refractivity contribution in [2.45, 2.75) is 13.1 Å². The van der Waals surface area contributed by atoms with Crippen LogP contribution in [0.2, 0.25) is 5.02 Å². The predicted octanol–water partition coefficient (Wildman–Crippen LogP) is 3.43. The van der Waals surface area contributed by atoms with Gasteiger partial charge in [-0.2, -0.15) is 18.4 Å². The summed E-state index contributed by atoms with van der Waals surface area (Å²) in [4.78, 5) is 11.1. The number of carbonyl (C=O) groups is 1. The van der Waals surface area contributed by atoms with Crippen molar-refractivity contribution in [3.63, 3.8) is 0 Å². The Kier molecular flexibility index (Phi) is 3.24. The summed E-state index contributed by atoms with van der Waals surface area (Å²) in [6.45, 7) is 0.988. The van der Waals surface area contributed by atoms with Crippen LogP contribution in [0, 0.1) is 11.3 Å². The summed E-state index contributed by atoms with van der Waals surface area (Å²) in [6, 6.07) is 3.18. The lowest BCUT2D eigenvalue weighted by atomic mass is 9.98. The van der Waals surface area contributed by atoms with Gasteiger partial charge in [0, 0.05) is 10.6 Å². The Hall–Kier alpha value is -1.54. The number of nitrogens with zero attached hydrogens (tertiary/aromatic N) is 1. The summed E-state index contributed by atoms with van der Waals surface area (Å²) in [5.74, 6) is -0.786. The second-order valence-electron chi connectivity index (χ2n) is 3.04. The van der Waals surface area contributed by atoms with Gasteiger partial charge in [0.25, 0.3) is 0 Å². The lowest BCUT2D eigenvalue weighted by molar-refractivity contribution is -0.138. The Morgan fingerprint density at radius 1 is 1.44 bits per heavy atom. The van der Waals surface area contributed by atoms with E-state index in [0.29, 0.717) is 0 Å². The molecule has 2 nitrogen and oxygen atoms in total. The van der Waals surface area contributed by atoms with Crippen molar-refractivity contribution in [1.29, 1.82) is 5.26 Å².